The van der Waals surface area contributed by atoms with Crippen LogP contribution in [-0.2, 0) is 4.57 Å². The molecule has 0 unspecified atom stereocenters. The summed E-state index contributed by atoms with van der Waals surface area (Å²) in [4.78, 5) is 0. The predicted octanol–water partition coefficient (Wildman–Crippen LogP) is 1.89. The van der Waals surface area contributed by atoms with E-state index in [4.69, 9.17) is 28.4 Å². The minimum Gasteiger partial charge on any atom is -0.478 e. The second-order valence-electron chi connectivity index (χ2n) is 6.83. The molecule has 13 nitrogen and oxygen atoms in total. The molecule has 0 bridgehead atoms. The molecule has 0 aromatic carbocycles. The largest absolute Gasteiger partial charge is 0.478 e. The van der Waals surface area contributed by atoms with E-state index in [0.717, 1.165) is 0 Å². The normalized spacial score (nSPS) is 11.4. The molecule has 3 rings (SSSR count). The molecule has 0 fully saturated rings. The Morgan fingerprint density at radius 1 is 0.514 bits per heavy atom. The Morgan fingerprint density at radius 2 is 0.771 bits per heavy atom. The number of aromatic amines is 3. The van der Waals surface area contributed by atoms with E-state index in [-0.39, 0.29) is 90.8 Å². The third-order valence-corrected chi connectivity index (χ3v) is 7.76. The summed E-state index contributed by atoms with van der Waals surface area (Å²) in [6.45, 7) is 12.5. The van der Waals surface area contributed by atoms with E-state index < -0.39 is 7.14 Å². The fourth-order valence-corrected chi connectivity index (χ4v) is 6.55. The Bertz CT molecular complexity index is 933. The predicted molar refractivity (Wildman–Crippen MR) is 129 cm³/mol. The summed E-state index contributed by atoms with van der Waals surface area (Å²) < 4.78 is 50.5. The topological polar surface area (TPSA) is 158 Å². The zero-order valence-electron chi connectivity index (χ0n) is 20.9. The minimum atomic E-state index is -4.07. The molecule has 3 aromatic heterocycles. The Kier molecular flexibility index (Phi) is 8.91. The molecule has 3 aromatic rings. The van der Waals surface area contributed by atoms with E-state index >= 15 is 4.57 Å². The number of hydrogen-bond acceptors (Lipinski definition) is 10. The van der Waals surface area contributed by atoms with Gasteiger partial charge in [0.15, 0.2) is 0 Å². The Hall–Kier alpha value is -3.34. The van der Waals surface area contributed by atoms with E-state index in [9.17, 15) is 0 Å². The molecule has 0 spiro atoms. The van der Waals surface area contributed by atoms with Crippen molar-refractivity contribution in [2.45, 2.75) is 41.5 Å². The van der Waals surface area contributed by atoms with E-state index in [0.29, 0.717) is 0 Å². The summed E-state index contributed by atoms with van der Waals surface area (Å²) in [5.74, 6) is 0.772. The minimum absolute atomic E-state index is 0.0940. The summed E-state index contributed by atoms with van der Waals surface area (Å²) >= 11 is 0. The third-order valence-electron chi connectivity index (χ3n) is 4.68. The molecule has 194 valence electrons. The molecule has 0 saturated carbocycles. The number of nitrogens with zero attached hydrogens (tertiary/aromatic N) is 3. The Morgan fingerprint density at radius 3 is 1.00 bits per heavy atom. The van der Waals surface area contributed by atoms with Crippen molar-refractivity contribution in [2.24, 2.45) is 0 Å². The lowest BCUT2D eigenvalue weighted by Crippen LogP contribution is -2.30. The molecule has 0 aliphatic heterocycles. The highest BCUT2D eigenvalue weighted by Gasteiger charge is 2.49. The van der Waals surface area contributed by atoms with Crippen LogP contribution in [0.1, 0.15) is 41.5 Å². The average molecular weight is 513 g/mol. The quantitative estimate of drug-likeness (QED) is 0.257. The van der Waals surface area contributed by atoms with Crippen LogP contribution in [0.5, 0.6) is 35.3 Å². The second-order valence-corrected chi connectivity index (χ2v) is 9.39. The monoisotopic (exact) mass is 512 g/mol. The molecule has 0 aliphatic carbocycles. The van der Waals surface area contributed by atoms with Gasteiger partial charge in [0.1, 0.15) is 15.9 Å². The highest BCUT2D eigenvalue weighted by molar-refractivity contribution is 7.86. The third kappa shape index (κ3) is 4.90. The Labute approximate surface area is 203 Å². The molecular formula is C21H33N6O7P. The van der Waals surface area contributed by atoms with Gasteiger partial charge in [0.05, 0.1) is 39.6 Å². The van der Waals surface area contributed by atoms with Crippen molar-refractivity contribution in [1.82, 2.24) is 30.6 Å². The number of ether oxygens (including phenoxy) is 6. The highest BCUT2D eigenvalue weighted by atomic mass is 31.2. The molecule has 0 amide bonds. The van der Waals surface area contributed by atoms with Crippen molar-refractivity contribution in [1.29, 1.82) is 0 Å². The molecule has 0 aliphatic rings. The molecule has 3 N–H and O–H groups in total. The molecule has 14 heteroatoms. The summed E-state index contributed by atoms with van der Waals surface area (Å²) in [6.07, 6.45) is 0. The van der Waals surface area contributed by atoms with Crippen molar-refractivity contribution in [3.05, 3.63) is 0 Å². The van der Waals surface area contributed by atoms with E-state index in [2.05, 4.69) is 30.6 Å². The van der Waals surface area contributed by atoms with Gasteiger partial charge in [0.2, 0.25) is 42.4 Å². The lowest BCUT2D eigenvalue weighted by Gasteiger charge is -2.21. The number of aromatic nitrogens is 6. The summed E-state index contributed by atoms with van der Waals surface area (Å²) in [6, 6.07) is 0. The summed E-state index contributed by atoms with van der Waals surface area (Å²) in [7, 11) is -4.07. The summed E-state index contributed by atoms with van der Waals surface area (Å²) in [5.41, 5.74) is 0. The van der Waals surface area contributed by atoms with Crippen LogP contribution >= 0.6 is 7.14 Å². The SMILES string of the molecule is CCOc1n[nH]c(OCC)c1P(=O)(c1c(OCC)n[nH]c1OCC)c1c(OCC)n[nH]c1OCC. The van der Waals surface area contributed by atoms with Gasteiger partial charge in [-0.25, -0.2) is 15.3 Å². The zero-order chi connectivity index (χ0) is 25.4. The molecule has 35 heavy (non-hydrogen) atoms. The van der Waals surface area contributed by atoms with Crippen molar-refractivity contribution >= 4 is 23.1 Å². The van der Waals surface area contributed by atoms with Crippen LogP contribution < -0.4 is 44.3 Å². The zero-order valence-corrected chi connectivity index (χ0v) is 21.8. The van der Waals surface area contributed by atoms with Gasteiger partial charge in [-0.3, -0.25) is 0 Å². The summed E-state index contributed by atoms with van der Waals surface area (Å²) in [5, 5.41) is 21.6. The van der Waals surface area contributed by atoms with Crippen LogP contribution in [0.25, 0.3) is 0 Å². The van der Waals surface area contributed by atoms with Crippen LogP contribution in [0.3, 0.4) is 0 Å². The smallest absolute Gasteiger partial charge is 0.248 e. The van der Waals surface area contributed by atoms with Gasteiger partial charge in [-0.2, -0.15) is 0 Å². The van der Waals surface area contributed by atoms with Crippen LogP contribution in [-0.4, -0.2) is 70.2 Å². The Balaban J connectivity index is 2.50. The lowest BCUT2D eigenvalue weighted by atomic mass is 10.6. The van der Waals surface area contributed by atoms with Gasteiger partial charge in [-0.15, -0.1) is 15.3 Å². The second kappa shape index (κ2) is 11.9. The first kappa shape index (κ1) is 26.3. The van der Waals surface area contributed by atoms with Crippen molar-refractivity contribution < 1.29 is 33.0 Å². The molecule has 0 atom stereocenters. The van der Waals surface area contributed by atoms with Crippen LogP contribution in [0.15, 0.2) is 0 Å². The number of H-pyrrole nitrogens is 3. The van der Waals surface area contributed by atoms with E-state index in [1.54, 1.807) is 41.5 Å². The lowest BCUT2D eigenvalue weighted by molar-refractivity contribution is 0.326. The maximum absolute atomic E-state index is 15.7. The van der Waals surface area contributed by atoms with Gasteiger partial charge in [0, 0.05) is 0 Å². The van der Waals surface area contributed by atoms with Gasteiger partial charge >= 0.3 is 0 Å². The van der Waals surface area contributed by atoms with Crippen LogP contribution in [0, 0.1) is 0 Å². The van der Waals surface area contributed by atoms with Gasteiger partial charge in [-0.05, 0) is 41.5 Å². The molecule has 0 radical (unpaired) electrons. The van der Waals surface area contributed by atoms with Crippen LogP contribution in [0.4, 0.5) is 0 Å². The van der Waals surface area contributed by atoms with E-state index in [1.165, 1.54) is 0 Å². The number of rotatable bonds is 15. The van der Waals surface area contributed by atoms with Gasteiger partial charge in [0.25, 0.3) is 0 Å². The van der Waals surface area contributed by atoms with Crippen molar-refractivity contribution in [2.75, 3.05) is 39.6 Å². The number of nitrogens with one attached hydrogen (secondary N) is 3. The molecule has 0 saturated heterocycles. The van der Waals surface area contributed by atoms with Crippen molar-refractivity contribution in [3.8, 4) is 35.3 Å². The average Bonchev–Trinajstić information content (AvgIpc) is 3.54. The van der Waals surface area contributed by atoms with E-state index in [1.807, 2.05) is 0 Å². The standard InChI is InChI=1S/C21H33N6O7P/c1-7-29-16-13(17(23-22-16)30-8-2)35(28,14-18(31-9-3)24-25-19(14)32-10-4)15-20(33-11-5)26-27-21(15)34-12-6/h7-12H2,1-6H3,(H,22,23)(H,24,25)(H,26,27). The van der Waals surface area contributed by atoms with Gasteiger partial charge in [-0.1, -0.05) is 0 Å². The fraction of sp³-hybridized carbons (Fsp3) is 0.571. The maximum Gasteiger partial charge on any atom is 0.248 e. The molecule has 3 heterocycles. The van der Waals surface area contributed by atoms with Crippen LogP contribution in [0.2, 0.25) is 0 Å². The van der Waals surface area contributed by atoms with Crippen molar-refractivity contribution in [3.63, 3.8) is 0 Å². The van der Waals surface area contributed by atoms with Gasteiger partial charge < -0.3 is 33.0 Å². The first-order valence-corrected chi connectivity index (χ1v) is 13.4. The fourth-order valence-electron chi connectivity index (χ4n) is 3.53. The maximum atomic E-state index is 15.7. The highest BCUT2D eigenvalue weighted by Crippen LogP contribution is 2.55. The first-order chi connectivity index (χ1) is 17.0. The number of hydrogen-bond donors (Lipinski definition) is 3. The first-order valence-electron chi connectivity index (χ1n) is 11.6. The molecular weight excluding hydrogens is 479 g/mol.